The molecule has 2 atom stereocenters. The summed E-state index contributed by atoms with van der Waals surface area (Å²) in [6, 6.07) is 6.30. The Morgan fingerprint density at radius 2 is 2.17 bits per heavy atom. The first-order valence-corrected chi connectivity index (χ1v) is 5.33. The average molecular weight is 252 g/mol. The van der Waals surface area contributed by atoms with Crippen molar-refractivity contribution in [3.8, 4) is 0 Å². The van der Waals surface area contributed by atoms with Crippen LogP contribution in [0.4, 0.5) is 0 Å². The molecule has 0 radical (unpaired) electrons. The molecule has 0 fully saturated rings. The highest BCUT2D eigenvalue weighted by molar-refractivity contribution is 5.95. The Hall–Kier alpha value is -1.92. The van der Waals surface area contributed by atoms with Gasteiger partial charge in [-0.05, 0) is 11.6 Å². The summed E-state index contributed by atoms with van der Waals surface area (Å²) < 4.78 is 4.40. The zero-order valence-corrected chi connectivity index (χ0v) is 9.96. The topological polar surface area (TPSA) is 117 Å². The van der Waals surface area contributed by atoms with E-state index in [2.05, 4.69) is 4.74 Å². The number of nitrogens with two attached hydrogens (primary N) is 1. The largest absolute Gasteiger partial charge is 0.469 e. The summed E-state index contributed by atoms with van der Waals surface area (Å²) in [6.07, 6.45) is -2.80. The quantitative estimate of drug-likeness (QED) is 0.332. The standard InChI is InChI=1S/C12H16N2O4/c1-18-10(16)6-9(15)11(17)7-3-2-4-8(5-7)12(13)14/h2-5,9,11,15,17H,6H2,1H3,(H3,13,14). The molecule has 2 unspecified atom stereocenters. The van der Waals surface area contributed by atoms with Crippen molar-refractivity contribution in [2.24, 2.45) is 5.73 Å². The van der Waals surface area contributed by atoms with Crippen LogP contribution in [-0.2, 0) is 9.53 Å². The van der Waals surface area contributed by atoms with Crippen molar-refractivity contribution in [2.45, 2.75) is 18.6 Å². The number of esters is 1. The van der Waals surface area contributed by atoms with E-state index < -0.39 is 18.2 Å². The van der Waals surface area contributed by atoms with E-state index in [-0.39, 0.29) is 12.3 Å². The lowest BCUT2D eigenvalue weighted by atomic mass is 10.00. The second kappa shape index (κ2) is 6.13. The summed E-state index contributed by atoms with van der Waals surface area (Å²) >= 11 is 0. The van der Waals surface area contributed by atoms with Gasteiger partial charge in [-0.25, -0.2) is 0 Å². The fourth-order valence-electron chi connectivity index (χ4n) is 1.48. The van der Waals surface area contributed by atoms with E-state index >= 15 is 0 Å². The highest BCUT2D eigenvalue weighted by atomic mass is 16.5. The minimum atomic E-state index is -1.26. The second-order valence-electron chi connectivity index (χ2n) is 3.83. The molecule has 0 bridgehead atoms. The van der Waals surface area contributed by atoms with Crippen LogP contribution >= 0.6 is 0 Å². The number of aliphatic hydroxyl groups excluding tert-OH is 2. The molecule has 98 valence electrons. The van der Waals surface area contributed by atoms with E-state index in [4.69, 9.17) is 11.1 Å². The number of hydrogen-bond donors (Lipinski definition) is 4. The third-order valence-electron chi connectivity index (χ3n) is 2.51. The summed E-state index contributed by atoms with van der Waals surface area (Å²) in [7, 11) is 1.21. The van der Waals surface area contributed by atoms with Gasteiger partial charge in [-0.3, -0.25) is 10.2 Å². The van der Waals surface area contributed by atoms with E-state index in [0.29, 0.717) is 11.1 Å². The van der Waals surface area contributed by atoms with Gasteiger partial charge in [0.25, 0.3) is 0 Å². The Morgan fingerprint density at radius 1 is 1.50 bits per heavy atom. The van der Waals surface area contributed by atoms with Crippen molar-refractivity contribution in [3.05, 3.63) is 35.4 Å². The van der Waals surface area contributed by atoms with Crippen LogP contribution in [0.1, 0.15) is 23.7 Å². The number of rotatable bonds is 5. The minimum Gasteiger partial charge on any atom is -0.469 e. The number of benzene rings is 1. The monoisotopic (exact) mass is 252 g/mol. The number of carbonyl (C=O) groups is 1. The Labute approximate surface area is 105 Å². The van der Waals surface area contributed by atoms with Crippen molar-refractivity contribution >= 4 is 11.8 Å². The summed E-state index contributed by atoms with van der Waals surface area (Å²) in [5.41, 5.74) is 6.16. The summed E-state index contributed by atoms with van der Waals surface area (Å²) in [5, 5.41) is 26.8. The molecule has 0 saturated carbocycles. The third-order valence-corrected chi connectivity index (χ3v) is 2.51. The lowest BCUT2D eigenvalue weighted by Crippen LogP contribution is -2.23. The van der Waals surface area contributed by atoms with Crippen LogP contribution in [-0.4, -0.2) is 35.2 Å². The van der Waals surface area contributed by atoms with Gasteiger partial charge < -0.3 is 20.7 Å². The summed E-state index contributed by atoms with van der Waals surface area (Å²) in [4.78, 5) is 11.0. The van der Waals surface area contributed by atoms with Crippen LogP contribution < -0.4 is 5.73 Å². The van der Waals surface area contributed by atoms with E-state index in [9.17, 15) is 15.0 Å². The molecule has 0 aromatic heterocycles. The lowest BCUT2D eigenvalue weighted by Gasteiger charge is -2.17. The molecule has 0 aliphatic heterocycles. The zero-order chi connectivity index (χ0) is 13.7. The van der Waals surface area contributed by atoms with Gasteiger partial charge in [0.2, 0.25) is 0 Å². The number of methoxy groups -OCH3 is 1. The van der Waals surface area contributed by atoms with Crippen molar-refractivity contribution in [1.82, 2.24) is 0 Å². The van der Waals surface area contributed by atoms with Crippen LogP contribution in [0.2, 0.25) is 0 Å². The molecule has 1 aromatic rings. The third kappa shape index (κ3) is 3.54. The number of nitrogens with one attached hydrogen (secondary N) is 1. The van der Waals surface area contributed by atoms with Crippen LogP contribution in [0.3, 0.4) is 0 Å². The van der Waals surface area contributed by atoms with Crippen LogP contribution in [0.5, 0.6) is 0 Å². The molecule has 6 heteroatoms. The summed E-state index contributed by atoms with van der Waals surface area (Å²) in [5.74, 6) is -0.740. The van der Waals surface area contributed by atoms with Gasteiger partial charge in [0, 0.05) is 5.56 Å². The Morgan fingerprint density at radius 3 is 2.72 bits per heavy atom. The summed E-state index contributed by atoms with van der Waals surface area (Å²) in [6.45, 7) is 0. The average Bonchev–Trinajstić information content (AvgIpc) is 2.37. The fraction of sp³-hybridized carbons (Fsp3) is 0.333. The minimum absolute atomic E-state index is 0.133. The van der Waals surface area contributed by atoms with E-state index in [1.807, 2.05) is 0 Å². The fourth-order valence-corrected chi connectivity index (χ4v) is 1.48. The van der Waals surface area contributed by atoms with E-state index in [0.717, 1.165) is 0 Å². The van der Waals surface area contributed by atoms with Crippen LogP contribution in [0, 0.1) is 5.41 Å². The predicted octanol–water partition coefficient (Wildman–Crippen LogP) is -0.0719. The molecule has 0 heterocycles. The molecule has 5 N–H and O–H groups in total. The number of carbonyl (C=O) groups excluding carboxylic acids is 1. The number of aliphatic hydroxyl groups is 2. The van der Waals surface area contributed by atoms with Crippen molar-refractivity contribution in [1.29, 1.82) is 5.41 Å². The smallest absolute Gasteiger partial charge is 0.308 e. The second-order valence-corrected chi connectivity index (χ2v) is 3.83. The molecule has 0 aliphatic carbocycles. The first-order valence-electron chi connectivity index (χ1n) is 5.33. The van der Waals surface area contributed by atoms with Gasteiger partial charge in [0.05, 0.1) is 19.6 Å². The van der Waals surface area contributed by atoms with Gasteiger partial charge >= 0.3 is 5.97 Å². The Balaban J connectivity index is 2.82. The van der Waals surface area contributed by atoms with Crippen LogP contribution in [0.25, 0.3) is 0 Å². The van der Waals surface area contributed by atoms with Gasteiger partial charge in [-0.1, -0.05) is 18.2 Å². The van der Waals surface area contributed by atoms with Crippen LogP contribution in [0.15, 0.2) is 24.3 Å². The van der Waals surface area contributed by atoms with Gasteiger partial charge in [-0.15, -0.1) is 0 Å². The highest BCUT2D eigenvalue weighted by Crippen LogP contribution is 2.20. The van der Waals surface area contributed by atoms with Gasteiger partial charge in [0.1, 0.15) is 11.9 Å². The lowest BCUT2D eigenvalue weighted by molar-refractivity contribution is -0.144. The predicted molar refractivity (Wildman–Crippen MR) is 65.1 cm³/mol. The number of amidine groups is 1. The highest BCUT2D eigenvalue weighted by Gasteiger charge is 2.22. The van der Waals surface area contributed by atoms with Crippen molar-refractivity contribution in [3.63, 3.8) is 0 Å². The molecular formula is C12H16N2O4. The Bertz CT molecular complexity index is 447. The molecular weight excluding hydrogens is 236 g/mol. The van der Waals surface area contributed by atoms with Gasteiger partial charge in [-0.2, -0.15) is 0 Å². The molecule has 0 saturated heterocycles. The Kier molecular flexibility index (Phi) is 4.82. The first-order chi connectivity index (χ1) is 8.45. The zero-order valence-electron chi connectivity index (χ0n) is 9.96. The maximum atomic E-state index is 11.0. The maximum Gasteiger partial charge on any atom is 0.308 e. The number of hydrogen-bond acceptors (Lipinski definition) is 5. The molecule has 1 rings (SSSR count). The van der Waals surface area contributed by atoms with Crippen molar-refractivity contribution in [2.75, 3.05) is 7.11 Å². The molecule has 0 amide bonds. The molecule has 18 heavy (non-hydrogen) atoms. The van der Waals surface area contributed by atoms with Gasteiger partial charge in [0.15, 0.2) is 0 Å². The maximum absolute atomic E-state index is 11.0. The van der Waals surface area contributed by atoms with E-state index in [1.165, 1.54) is 13.2 Å². The first kappa shape index (κ1) is 14.1. The number of nitrogen functional groups attached to an aromatic ring is 1. The normalized spacial score (nSPS) is 13.7. The molecule has 0 aliphatic rings. The molecule has 6 nitrogen and oxygen atoms in total. The SMILES string of the molecule is COC(=O)CC(O)C(O)c1cccc(C(=N)N)c1. The van der Waals surface area contributed by atoms with E-state index in [1.54, 1.807) is 18.2 Å². The molecule has 0 spiro atoms. The number of ether oxygens (including phenoxy) is 1. The molecule has 1 aromatic carbocycles. The van der Waals surface area contributed by atoms with Crippen molar-refractivity contribution < 1.29 is 19.7 Å².